The van der Waals surface area contributed by atoms with Crippen molar-refractivity contribution in [2.45, 2.75) is 51.2 Å². The Morgan fingerprint density at radius 2 is 2.11 bits per heavy atom. The number of ether oxygens (including phenoxy) is 1. The fraction of sp³-hybridized carbons (Fsp3) is 0.562. The van der Waals surface area contributed by atoms with Crippen LogP contribution < -0.4 is 5.73 Å². The number of hydrogen-bond donors (Lipinski definition) is 1. The Morgan fingerprint density at radius 1 is 1.37 bits per heavy atom. The second-order valence-electron chi connectivity index (χ2n) is 5.63. The van der Waals surface area contributed by atoms with Crippen molar-refractivity contribution in [2.75, 3.05) is 0 Å². The van der Waals surface area contributed by atoms with E-state index in [2.05, 4.69) is 6.92 Å². The minimum Gasteiger partial charge on any atom is -0.461 e. The van der Waals surface area contributed by atoms with Crippen molar-refractivity contribution in [1.29, 1.82) is 0 Å². The molecule has 0 heterocycles. The van der Waals surface area contributed by atoms with E-state index < -0.39 is 6.04 Å². The minimum atomic E-state index is -0.556. The quantitative estimate of drug-likeness (QED) is 0.848. The molecule has 1 aromatic rings. The lowest BCUT2D eigenvalue weighted by molar-refractivity contribution is -0.152. The summed E-state index contributed by atoms with van der Waals surface area (Å²) in [5.41, 5.74) is 7.00. The van der Waals surface area contributed by atoms with Gasteiger partial charge in [-0.1, -0.05) is 43.7 Å². The molecule has 3 nitrogen and oxygen atoms in total. The molecule has 3 atom stereocenters. The molecule has 1 saturated carbocycles. The summed E-state index contributed by atoms with van der Waals surface area (Å²) in [6, 6.07) is 9.27. The fourth-order valence-corrected chi connectivity index (χ4v) is 2.69. The van der Waals surface area contributed by atoms with E-state index in [0.717, 1.165) is 24.8 Å². The molecule has 2 N–H and O–H groups in total. The van der Waals surface area contributed by atoms with Crippen molar-refractivity contribution in [3.63, 3.8) is 0 Å². The van der Waals surface area contributed by atoms with Crippen LogP contribution in [0.1, 0.15) is 38.2 Å². The maximum absolute atomic E-state index is 12.0. The summed E-state index contributed by atoms with van der Waals surface area (Å²) in [4.78, 5) is 12.0. The second-order valence-corrected chi connectivity index (χ2v) is 5.63. The van der Waals surface area contributed by atoms with Gasteiger partial charge in [0.05, 0.1) is 0 Å². The first-order chi connectivity index (χ1) is 9.15. The van der Waals surface area contributed by atoms with Crippen LogP contribution in [0.25, 0.3) is 0 Å². The van der Waals surface area contributed by atoms with Gasteiger partial charge in [0.1, 0.15) is 12.1 Å². The topological polar surface area (TPSA) is 52.3 Å². The molecule has 19 heavy (non-hydrogen) atoms. The molecule has 2 rings (SSSR count). The Kier molecular flexibility index (Phi) is 4.97. The Labute approximate surface area is 115 Å². The summed E-state index contributed by atoms with van der Waals surface area (Å²) in [6.45, 7) is 2.21. The van der Waals surface area contributed by atoms with Gasteiger partial charge in [0.2, 0.25) is 0 Å². The third-order valence-corrected chi connectivity index (χ3v) is 3.77. The number of carbonyl (C=O) groups excluding carboxylic acids is 1. The first-order valence-electron chi connectivity index (χ1n) is 7.15. The van der Waals surface area contributed by atoms with Gasteiger partial charge in [-0.05, 0) is 37.2 Å². The van der Waals surface area contributed by atoms with Crippen LogP contribution in [0.5, 0.6) is 0 Å². The summed E-state index contributed by atoms with van der Waals surface area (Å²) < 4.78 is 5.53. The standard InChI is InChI=1S/C16H23NO2/c1-12-6-5-9-14(10-12)19-16(18)15(17)11-13-7-3-2-4-8-13/h2-4,7-8,12,14-15H,5-6,9-11,17H2,1H3. The van der Waals surface area contributed by atoms with Crippen LogP contribution in [-0.4, -0.2) is 18.1 Å². The smallest absolute Gasteiger partial charge is 0.323 e. The van der Waals surface area contributed by atoms with Crippen molar-refractivity contribution in [2.24, 2.45) is 11.7 Å². The van der Waals surface area contributed by atoms with E-state index in [4.69, 9.17) is 10.5 Å². The normalized spacial score (nSPS) is 24.7. The predicted octanol–water partition coefficient (Wildman–Crippen LogP) is 2.68. The molecule has 0 saturated heterocycles. The molecule has 1 aliphatic rings. The van der Waals surface area contributed by atoms with E-state index in [-0.39, 0.29) is 12.1 Å². The highest BCUT2D eigenvalue weighted by Gasteiger charge is 2.24. The molecule has 3 unspecified atom stereocenters. The molecule has 1 fully saturated rings. The molecular weight excluding hydrogens is 238 g/mol. The van der Waals surface area contributed by atoms with Gasteiger partial charge in [-0.2, -0.15) is 0 Å². The van der Waals surface area contributed by atoms with E-state index in [1.54, 1.807) is 0 Å². The molecule has 0 amide bonds. The second kappa shape index (κ2) is 6.71. The number of benzene rings is 1. The Balaban J connectivity index is 1.82. The van der Waals surface area contributed by atoms with Crippen molar-refractivity contribution in [3.05, 3.63) is 35.9 Å². The third kappa shape index (κ3) is 4.35. The summed E-state index contributed by atoms with van der Waals surface area (Å²) in [6.07, 6.45) is 4.95. The first kappa shape index (κ1) is 14.1. The zero-order valence-corrected chi connectivity index (χ0v) is 11.5. The van der Waals surface area contributed by atoms with Crippen LogP contribution >= 0.6 is 0 Å². The van der Waals surface area contributed by atoms with E-state index in [1.807, 2.05) is 30.3 Å². The third-order valence-electron chi connectivity index (χ3n) is 3.77. The average Bonchev–Trinajstić information content (AvgIpc) is 2.40. The van der Waals surface area contributed by atoms with Crippen molar-refractivity contribution in [1.82, 2.24) is 0 Å². The van der Waals surface area contributed by atoms with Gasteiger partial charge in [0.15, 0.2) is 0 Å². The van der Waals surface area contributed by atoms with Crippen molar-refractivity contribution in [3.8, 4) is 0 Å². The lowest BCUT2D eigenvalue weighted by Gasteiger charge is -2.27. The molecule has 104 valence electrons. The molecule has 0 aliphatic heterocycles. The van der Waals surface area contributed by atoms with Gasteiger partial charge in [-0.25, -0.2) is 0 Å². The van der Waals surface area contributed by atoms with Crippen molar-refractivity contribution >= 4 is 5.97 Å². The molecule has 0 aromatic heterocycles. The van der Waals surface area contributed by atoms with Crippen LogP contribution in [-0.2, 0) is 16.0 Å². The van der Waals surface area contributed by atoms with Crippen LogP contribution in [0.4, 0.5) is 0 Å². The average molecular weight is 261 g/mol. The van der Waals surface area contributed by atoms with Gasteiger partial charge in [-0.3, -0.25) is 4.79 Å². The summed E-state index contributed by atoms with van der Waals surface area (Å²) >= 11 is 0. The largest absolute Gasteiger partial charge is 0.461 e. The number of rotatable bonds is 4. The maximum Gasteiger partial charge on any atom is 0.323 e. The summed E-state index contributed by atoms with van der Waals surface area (Å²) in [5, 5.41) is 0. The maximum atomic E-state index is 12.0. The number of carbonyl (C=O) groups is 1. The molecular formula is C16H23NO2. The van der Waals surface area contributed by atoms with Gasteiger partial charge in [0.25, 0.3) is 0 Å². The lowest BCUT2D eigenvalue weighted by atomic mass is 9.88. The Bertz CT molecular complexity index is 404. The van der Waals surface area contributed by atoms with E-state index in [0.29, 0.717) is 12.3 Å². The van der Waals surface area contributed by atoms with Gasteiger partial charge >= 0.3 is 5.97 Å². The van der Waals surface area contributed by atoms with Crippen LogP contribution in [0, 0.1) is 5.92 Å². The highest BCUT2D eigenvalue weighted by Crippen LogP contribution is 2.26. The molecule has 1 aliphatic carbocycles. The molecule has 0 spiro atoms. The van der Waals surface area contributed by atoms with Gasteiger partial charge < -0.3 is 10.5 Å². The Morgan fingerprint density at radius 3 is 2.79 bits per heavy atom. The summed E-state index contributed by atoms with van der Waals surface area (Å²) in [5.74, 6) is 0.389. The zero-order chi connectivity index (χ0) is 13.7. The number of nitrogens with two attached hydrogens (primary N) is 1. The fourth-order valence-electron chi connectivity index (χ4n) is 2.69. The number of hydrogen-bond acceptors (Lipinski definition) is 3. The monoisotopic (exact) mass is 261 g/mol. The zero-order valence-electron chi connectivity index (χ0n) is 11.5. The van der Waals surface area contributed by atoms with Gasteiger partial charge in [-0.15, -0.1) is 0 Å². The van der Waals surface area contributed by atoms with E-state index in [1.165, 1.54) is 6.42 Å². The molecule has 3 heteroatoms. The SMILES string of the molecule is CC1CCCC(OC(=O)C(N)Cc2ccccc2)C1. The van der Waals surface area contributed by atoms with Gasteiger partial charge in [0, 0.05) is 0 Å². The summed E-state index contributed by atoms with van der Waals surface area (Å²) in [7, 11) is 0. The van der Waals surface area contributed by atoms with Crippen LogP contribution in [0.3, 0.4) is 0 Å². The lowest BCUT2D eigenvalue weighted by Crippen LogP contribution is -2.37. The van der Waals surface area contributed by atoms with Crippen LogP contribution in [0.15, 0.2) is 30.3 Å². The van der Waals surface area contributed by atoms with Crippen LogP contribution in [0.2, 0.25) is 0 Å². The van der Waals surface area contributed by atoms with E-state index in [9.17, 15) is 4.79 Å². The molecule has 1 aromatic carbocycles. The predicted molar refractivity (Wildman–Crippen MR) is 75.6 cm³/mol. The Hall–Kier alpha value is -1.35. The highest BCUT2D eigenvalue weighted by atomic mass is 16.5. The van der Waals surface area contributed by atoms with Crippen molar-refractivity contribution < 1.29 is 9.53 Å². The number of esters is 1. The van der Waals surface area contributed by atoms with E-state index >= 15 is 0 Å². The minimum absolute atomic E-state index is 0.0677. The highest BCUT2D eigenvalue weighted by molar-refractivity contribution is 5.76. The first-order valence-corrected chi connectivity index (χ1v) is 7.15. The molecule has 0 bridgehead atoms. The molecule has 0 radical (unpaired) electrons.